The van der Waals surface area contributed by atoms with E-state index in [1.807, 2.05) is 55.5 Å². The average Bonchev–Trinajstić information content (AvgIpc) is 2.95. The number of benzene rings is 2. The molecule has 0 fully saturated rings. The van der Waals surface area contributed by atoms with E-state index >= 15 is 0 Å². The van der Waals surface area contributed by atoms with Gasteiger partial charge >= 0.3 is 0 Å². The second-order valence-corrected chi connectivity index (χ2v) is 7.69. The van der Waals surface area contributed by atoms with Gasteiger partial charge in [-0.3, -0.25) is 4.79 Å². The monoisotopic (exact) mass is 381 g/mol. The van der Waals surface area contributed by atoms with Crippen LogP contribution in [0.5, 0.6) is 0 Å². The number of aryl methyl sites for hydroxylation is 1. The summed E-state index contributed by atoms with van der Waals surface area (Å²) in [6.07, 6.45) is 0. The molecule has 0 atom stereocenters. The predicted molar refractivity (Wildman–Crippen MR) is 109 cm³/mol. The van der Waals surface area contributed by atoms with Gasteiger partial charge in [0.1, 0.15) is 5.15 Å². The van der Waals surface area contributed by atoms with Crippen LogP contribution in [0.25, 0.3) is 0 Å². The van der Waals surface area contributed by atoms with E-state index in [2.05, 4.69) is 36.4 Å². The maximum Gasteiger partial charge on any atom is 0.256 e. The number of aromatic nitrogens is 2. The third-order valence-corrected chi connectivity index (χ3v) is 5.10. The van der Waals surface area contributed by atoms with Crippen molar-refractivity contribution in [3.63, 3.8) is 0 Å². The first-order chi connectivity index (χ1) is 12.9. The second kappa shape index (κ2) is 7.97. The Balaban J connectivity index is 1.73. The van der Waals surface area contributed by atoms with Gasteiger partial charge < -0.3 is 5.32 Å². The molecule has 0 aliphatic carbocycles. The Morgan fingerprint density at radius 1 is 1.07 bits per heavy atom. The van der Waals surface area contributed by atoms with Gasteiger partial charge in [-0.05, 0) is 18.1 Å². The minimum Gasteiger partial charge on any atom is -0.351 e. The lowest BCUT2D eigenvalue weighted by molar-refractivity contribution is 0.0945. The minimum absolute atomic E-state index is 0.183. The van der Waals surface area contributed by atoms with Gasteiger partial charge in [0.15, 0.2) is 0 Å². The molecule has 0 spiro atoms. The van der Waals surface area contributed by atoms with E-state index in [-0.39, 0.29) is 11.3 Å². The number of carbonyl (C=O) groups is 1. The van der Waals surface area contributed by atoms with Crippen molar-refractivity contribution < 1.29 is 4.79 Å². The number of nitrogens with zero attached hydrogens (tertiary/aromatic N) is 2. The Hall–Kier alpha value is -2.59. The summed E-state index contributed by atoms with van der Waals surface area (Å²) in [5, 5.41) is 7.84. The highest BCUT2D eigenvalue weighted by atomic mass is 35.5. The van der Waals surface area contributed by atoms with Gasteiger partial charge in [0.25, 0.3) is 5.91 Å². The number of hydrogen-bond acceptors (Lipinski definition) is 2. The van der Waals surface area contributed by atoms with Crippen LogP contribution in [0.15, 0.2) is 60.7 Å². The largest absolute Gasteiger partial charge is 0.351 e. The quantitative estimate of drug-likeness (QED) is 0.678. The van der Waals surface area contributed by atoms with Crippen molar-refractivity contribution in [1.29, 1.82) is 0 Å². The zero-order valence-corrected chi connectivity index (χ0v) is 16.6. The Morgan fingerprint density at radius 2 is 1.67 bits per heavy atom. The zero-order valence-electron chi connectivity index (χ0n) is 15.9. The van der Waals surface area contributed by atoms with Crippen molar-refractivity contribution in [2.75, 3.05) is 6.54 Å². The summed E-state index contributed by atoms with van der Waals surface area (Å²) in [4.78, 5) is 12.8. The Labute approximate surface area is 165 Å². The first-order valence-electron chi connectivity index (χ1n) is 8.99. The third kappa shape index (κ3) is 4.40. The normalized spacial score (nSPS) is 11.4. The Morgan fingerprint density at radius 3 is 2.30 bits per heavy atom. The third-order valence-electron chi connectivity index (χ3n) is 4.71. The molecule has 0 unspecified atom stereocenters. The van der Waals surface area contributed by atoms with Crippen LogP contribution in [0, 0.1) is 6.92 Å². The predicted octanol–water partition coefficient (Wildman–Crippen LogP) is 4.60. The van der Waals surface area contributed by atoms with Crippen LogP contribution in [-0.4, -0.2) is 22.2 Å². The van der Waals surface area contributed by atoms with Crippen molar-refractivity contribution in [2.45, 2.75) is 32.7 Å². The van der Waals surface area contributed by atoms with Crippen LogP contribution < -0.4 is 5.32 Å². The molecule has 0 saturated carbocycles. The number of amides is 1. The van der Waals surface area contributed by atoms with E-state index in [0.717, 1.165) is 5.56 Å². The summed E-state index contributed by atoms with van der Waals surface area (Å²) in [6.45, 7) is 7.06. The molecule has 0 aliphatic rings. The van der Waals surface area contributed by atoms with Gasteiger partial charge in [-0.15, -0.1) is 0 Å². The van der Waals surface area contributed by atoms with Crippen LogP contribution in [0.1, 0.15) is 41.0 Å². The number of halogens is 1. The Kier molecular flexibility index (Phi) is 5.66. The first-order valence-corrected chi connectivity index (χ1v) is 9.37. The smallest absolute Gasteiger partial charge is 0.256 e. The average molecular weight is 382 g/mol. The van der Waals surface area contributed by atoms with Crippen molar-refractivity contribution in [1.82, 2.24) is 15.1 Å². The van der Waals surface area contributed by atoms with Crippen LogP contribution in [-0.2, 0) is 12.0 Å². The molecule has 3 aromatic rings. The summed E-state index contributed by atoms with van der Waals surface area (Å²) in [6, 6.07) is 20.1. The first kappa shape index (κ1) is 19.2. The maximum absolute atomic E-state index is 12.8. The van der Waals surface area contributed by atoms with Gasteiger partial charge in [0, 0.05) is 12.0 Å². The van der Waals surface area contributed by atoms with Gasteiger partial charge in [0.2, 0.25) is 0 Å². The SMILES string of the molecule is Cc1nn(Cc2ccccc2)c(Cl)c1C(=O)NCC(C)(C)c1ccccc1. The van der Waals surface area contributed by atoms with Gasteiger partial charge in [-0.1, -0.05) is 86.1 Å². The standard InChI is InChI=1S/C22H24ClN3O/c1-16-19(20(23)26(25-16)14-17-10-6-4-7-11-17)21(27)24-15-22(2,3)18-12-8-5-9-13-18/h4-13H,14-15H2,1-3H3,(H,24,27). The Bertz CT molecular complexity index is 917. The van der Waals surface area contributed by atoms with E-state index in [1.54, 1.807) is 4.68 Å². The van der Waals surface area contributed by atoms with E-state index in [1.165, 1.54) is 5.56 Å². The molecule has 140 valence electrons. The molecule has 5 heteroatoms. The molecule has 0 aliphatic heterocycles. The maximum atomic E-state index is 12.8. The number of carbonyl (C=O) groups excluding carboxylic acids is 1. The van der Waals surface area contributed by atoms with Crippen molar-refractivity contribution in [3.05, 3.63) is 88.2 Å². The highest BCUT2D eigenvalue weighted by molar-refractivity contribution is 6.33. The molecule has 1 aromatic heterocycles. The summed E-state index contributed by atoms with van der Waals surface area (Å²) in [5.74, 6) is -0.194. The minimum atomic E-state index is -0.194. The molecule has 27 heavy (non-hydrogen) atoms. The topological polar surface area (TPSA) is 46.9 Å². The van der Waals surface area contributed by atoms with Crippen LogP contribution in [0.2, 0.25) is 5.15 Å². The molecule has 1 heterocycles. The zero-order chi connectivity index (χ0) is 19.4. The lowest BCUT2D eigenvalue weighted by Crippen LogP contribution is -2.36. The van der Waals surface area contributed by atoms with Gasteiger partial charge in [0.05, 0.1) is 17.8 Å². The molecule has 3 rings (SSSR count). The molecular formula is C22H24ClN3O. The van der Waals surface area contributed by atoms with Crippen LogP contribution in [0.4, 0.5) is 0 Å². The fraction of sp³-hybridized carbons (Fsp3) is 0.273. The van der Waals surface area contributed by atoms with Crippen molar-refractivity contribution >= 4 is 17.5 Å². The molecular weight excluding hydrogens is 358 g/mol. The van der Waals surface area contributed by atoms with E-state index in [0.29, 0.717) is 29.5 Å². The second-order valence-electron chi connectivity index (χ2n) is 7.33. The number of rotatable bonds is 6. The van der Waals surface area contributed by atoms with E-state index in [9.17, 15) is 4.79 Å². The summed E-state index contributed by atoms with van der Waals surface area (Å²) < 4.78 is 1.67. The number of nitrogens with one attached hydrogen (secondary N) is 1. The van der Waals surface area contributed by atoms with Crippen LogP contribution in [0.3, 0.4) is 0 Å². The number of hydrogen-bond donors (Lipinski definition) is 1. The van der Waals surface area contributed by atoms with Gasteiger partial charge in [-0.2, -0.15) is 5.10 Å². The highest BCUT2D eigenvalue weighted by Crippen LogP contribution is 2.24. The molecule has 4 nitrogen and oxygen atoms in total. The van der Waals surface area contributed by atoms with Crippen molar-refractivity contribution in [3.8, 4) is 0 Å². The van der Waals surface area contributed by atoms with Crippen LogP contribution >= 0.6 is 11.6 Å². The molecule has 0 radical (unpaired) electrons. The van der Waals surface area contributed by atoms with E-state index in [4.69, 9.17) is 11.6 Å². The molecule has 0 bridgehead atoms. The summed E-state index contributed by atoms with van der Waals surface area (Å²) in [5.41, 5.74) is 3.14. The molecule has 1 amide bonds. The summed E-state index contributed by atoms with van der Waals surface area (Å²) >= 11 is 6.48. The molecule has 0 saturated heterocycles. The lowest BCUT2D eigenvalue weighted by atomic mass is 9.84. The summed E-state index contributed by atoms with van der Waals surface area (Å²) in [7, 11) is 0. The fourth-order valence-corrected chi connectivity index (χ4v) is 3.37. The van der Waals surface area contributed by atoms with E-state index < -0.39 is 0 Å². The molecule has 2 aromatic carbocycles. The highest BCUT2D eigenvalue weighted by Gasteiger charge is 2.25. The molecule has 1 N–H and O–H groups in total. The van der Waals surface area contributed by atoms with Crippen molar-refractivity contribution in [2.24, 2.45) is 0 Å². The fourth-order valence-electron chi connectivity index (χ4n) is 3.05. The van der Waals surface area contributed by atoms with Gasteiger partial charge in [-0.25, -0.2) is 4.68 Å². The lowest BCUT2D eigenvalue weighted by Gasteiger charge is -2.25.